The third-order valence-electron chi connectivity index (χ3n) is 10.4. The molecule has 2 N–H and O–H groups in total. The lowest BCUT2D eigenvalue weighted by molar-refractivity contribution is -0.160. The molecule has 196 valence electrons. The molecule has 0 radical (unpaired) electrons. The summed E-state index contributed by atoms with van der Waals surface area (Å²) in [4.78, 5) is 32.9. The van der Waals surface area contributed by atoms with Gasteiger partial charge in [-0.3, -0.25) is 9.59 Å². The summed E-state index contributed by atoms with van der Waals surface area (Å²) in [5.41, 5.74) is 4.65. The third-order valence-corrected chi connectivity index (χ3v) is 10.4. The Balaban J connectivity index is 1.35. The van der Waals surface area contributed by atoms with Crippen molar-refractivity contribution in [2.24, 2.45) is 5.41 Å². The van der Waals surface area contributed by atoms with Crippen molar-refractivity contribution in [2.45, 2.75) is 82.2 Å². The van der Waals surface area contributed by atoms with Crippen molar-refractivity contribution in [3.63, 3.8) is 0 Å². The number of amides is 2. The molecule has 3 saturated heterocycles. The van der Waals surface area contributed by atoms with Crippen LogP contribution >= 0.6 is 0 Å². The molecule has 2 aromatic carbocycles. The van der Waals surface area contributed by atoms with Gasteiger partial charge in [-0.25, -0.2) is 0 Å². The number of benzene rings is 2. The molecule has 6 nitrogen and oxygen atoms in total. The minimum Gasteiger partial charge on any atom is -0.364 e. The molecule has 5 aliphatic heterocycles. The van der Waals surface area contributed by atoms with Crippen LogP contribution in [0.15, 0.2) is 72.8 Å². The smallest absolute Gasteiger partial charge is 0.247 e. The Morgan fingerprint density at radius 3 is 2.13 bits per heavy atom. The Labute approximate surface area is 224 Å². The van der Waals surface area contributed by atoms with Crippen molar-refractivity contribution >= 4 is 23.2 Å². The highest BCUT2D eigenvalue weighted by Gasteiger charge is 2.71. The number of rotatable bonds is 4. The van der Waals surface area contributed by atoms with Gasteiger partial charge in [0.05, 0.1) is 0 Å². The first-order valence-corrected chi connectivity index (χ1v) is 13.8. The second kappa shape index (κ2) is 7.52. The minimum atomic E-state index is -0.506. The van der Waals surface area contributed by atoms with Crippen LogP contribution in [0.4, 0.5) is 11.4 Å². The zero-order valence-electron chi connectivity index (χ0n) is 22.6. The molecule has 5 heterocycles. The number of fused-ring (bicyclic) bond motifs is 10. The van der Waals surface area contributed by atoms with Gasteiger partial charge in [0.2, 0.25) is 11.8 Å². The number of carbonyl (C=O) groups excluding carboxylic acids is 2. The molecule has 2 aromatic rings. The molecule has 6 heteroatoms. The number of allylic oxidation sites excluding steroid dienone is 3. The average molecular weight is 509 g/mol. The van der Waals surface area contributed by atoms with E-state index in [1.807, 2.05) is 28.0 Å². The van der Waals surface area contributed by atoms with E-state index in [1.54, 1.807) is 0 Å². The number of carbonyl (C=O) groups is 2. The lowest BCUT2D eigenvalue weighted by Gasteiger charge is -2.45. The average Bonchev–Trinajstić information content (AvgIpc) is 3.60. The maximum Gasteiger partial charge on any atom is 0.247 e. The van der Waals surface area contributed by atoms with Crippen molar-refractivity contribution < 1.29 is 9.59 Å². The summed E-state index contributed by atoms with van der Waals surface area (Å²) >= 11 is 0. The zero-order valence-corrected chi connectivity index (χ0v) is 22.6. The Kier molecular flexibility index (Phi) is 4.67. The number of para-hydroxylation sites is 2. The number of nitrogens with one attached hydrogen (secondary N) is 2. The fourth-order valence-corrected chi connectivity index (χ4v) is 8.34. The van der Waals surface area contributed by atoms with E-state index in [1.165, 1.54) is 16.7 Å². The molecular formula is C32H36N4O2. The highest BCUT2D eigenvalue weighted by atomic mass is 16.2. The Hall–Kier alpha value is -3.54. The molecule has 0 bridgehead atoms. The van der Waals surface area contributed by atoms with E-state index in [2.05, 4.69) is 87.4 Å². The van der Waals surface area contributed by atoms with E-state index >= 15 is 0 Å². The molecule has 0 aliphatic carbocycles. The summed E-state index contributed by atoms with van der Waals surface area (Å²) < 4.78 is 0. The van der Waals surface area contributed by atoms with E-state index in [-0.39, 0.29) is 35.0 Å². The first-order valence-electron chi connectivity index (χ1n) is 13.8. The van der Waals surface area contributed by atoms with E-state index in [0.29, 0.717) is 12.8 Å². The van der Waals surface area contributed by atoms with Crippen LogP contribution in [0.25, 0.3) is 0 Å². The molecule has 6 atom stereocenters. The summed E-state index contributed by atoms with van der Waals surface area (Å²) in [7, 11) is 0. The lowest BCUT2D eigenvalue weighted by Crippen LogP contribution is -2.66. The van der Waals surface area contributed by atoms with Gasteiger partial charge in [0.15, 0.2) is 0 Å². The van der Waals surface area contributed by atoms with Gasteiger partial charge in [-0.1, -0.05) is 68.0 Å². The number of nitrogens with zero attached hydrogens (tertiary/aromatic N) is 2. The fraction of sp³-hybridized carbons (Fsp3) is 0.438. The highest BCUT2D eigenvalue weighted by Crippen LogP contribution is 2.62. The van der Waals surface area contributed by atoms with Gasteiger partial charge in [0.1, 0.15) is 24.4 Å². The van der Waals surface area contributed by atoms with Crippen molar-refractivity contribution in [3.05, 3.63) is 84.0 Å². The first kappa shape index (κ1) is 23.6. The standard InChI is InChI=1S/C32H36N4O2/c1-6-30(4,5)32-18-25-27(38)35-24(26(37)36(25)29(32)34-23-14-10-8-12-21(23)32)17-31(16-15-19(2)3)20-11-7-9-13-22(20)33-28(31)35/h6-15,24-25,28-29,33-34H,1,16-18H2,2-5H3. The van der Waals surface area contributed by atoms with Crippen LogP contribution in [0.1, 0.15) is 58.1 Å². The SMILES string of the molecule is C=CC(C)(C)C12CC3C(=O)N4C(CC5(CC=C(C)C)c6ccccc6NC45)C(=O)N3C1Nc1ccccc12. The fourth-order valence-electron chi connectivity index (χ4n) is 8.34. The van der Waals surface area contributed by atoms with Crippen LogP contribution in [0.2, 0.25) is 0 Å². The summed E-state index contributed by atoms with van der Waals surface area (Å²) in [6.07, 6.45) is 5.74. The predicted octanol–water partition coefficient (Wildman–Crippen LogP) is 5.15. The molecule has 7 rings (SSSR count). The van der Waals surface area contributed by atoms with Gasteiger partial charge in [-0.05, 0) is 61.8 Å². The normalized spacial score (nSPS) is 33.9. The first-order chi connectivity index (χ1) is 18.2. The van der Waals surface area contributed by atoms with Crippen LogP contribution < -0.4 is 10.6 Å². The van der Waals surface area contributed by atoms with Crippen LogP contribution in [0, 0.1) is 5.41 Å². The predicted molar refractivity (Wildman–Crippen MR) is 150 cm³/mol. The van der Waals surface area contributed by atoms with Crippen molar-refractivity contribution in [2.75, 3.05) is 10.6 Å². The Morgan fingerprint density at radius 2 is 1.47 bits per heavy atom. The van der Waals surface area contributed by atoms with E-state index < -0.39 is 17.5 Å². The number of piperazine rings is 1. The summed E-state index contributed by atoms with van der Waals surface area (Å²) in [6.45, 7) is 12.8. The van der Waals surface area contributed by atoms with Crippen molar-refractivity contribution in [3.8, 4) is 0 Å². The summed E-state index contributed by atoms with van der Waals surface area (Å²) in [5.74, 6) is 0.124. The van der Waals surface area contributed by atoms with Crippen LogP contribution in [-0.2, 0) is 20.4 Å². The molecule has 5 aliphatic rings. The monoisotopic (exact) mass is 508 g/mol. The molecule has 0 saturated carbocycles. The van der Waals surface area contributed by atoms with E-state index in [0.717, 1.165) is 17.8 Å². The molecule has 2 amide bonds. The lowest BCUT2D eigenvalue weighted by atomic mass is 9.60. The Morgan fingerprint density at radius 1 is 0.921 bits per heavy atom. The highest BCUT2D eigenvalue weighted by molar-refractivity contribution is 6.00. The van der Waals surface area contributed by atoms with E-state index in [4.69, 9.17) is 0 Å². The largest absolute Gasteiger partial charge is 0.364 e. The summed E-state index contributed by atoms with van der Waals surface area (Å²) in [6, 6.07) is 15.7. The quantitative estimate of drug-likeness (QED) is 0.561. The summed E-state index contributed by atoms with van der Waals surface area (Å²) in [5, 5.41) is 7.37. The minimum absolute atomic E-state index is 0.0619. The van der Waals surface area contributed by atoms with Crippen LogP contribution in [0.3, 0.4) is 0 Å². The van der Waals surface area contributed by atoms with Gasteiger partial charge < -0.3 is 20.4 Å². The maximum absolute atomic E-state index is 14.5. The van der Waals surface area contributed by atoms with Gasteiger partial charge >= 0.3 is 0 Å². The topological polar surface area (TPSA) is 64.7 Å². The number of anilines is 2. The molecule has 38 heavy (non-hydrogen) atoms. The second-order valence-electron chi connectivity index (χ2n) is 12.7. The van der Waals surface area contributed by atoms with Crippen molar-refractivity contribution in [1.82, 2.24) is 9.80 Å². The van der Waals surface area contributed by atoms with E-state index in [9.17, 15) is 9.59 Å². The van der Waals surface area contributed by atoms with Gasteiger partial charge in [0.25, 0.3) is 0 Å². The third kappa shape index (κ3) is 2.63. The van der Waals surface area contributed by atoms with Crippen molar-refractivity contribution in [1.29, 1.82) is 0 Å². The molecule has 0 spiro atoms. The van der Waals surface area contributed by atoms with Crippen LogP contribution in [0.5, 0.6) is 0 Å². The molecule has 3 fully saturated rings. The van der Waals surface area contributed by atoms with Crippen LogP contribution in [-0.4, -0.2) is 46.0 Å². The number of hydrogen-bond acceptors (Lipinski definition) is 4. The van der Waals surface area contributed by atoms with Gasteiger partial charge in [-0.15, -0.1) is 6.58 Å². The molecule has 6 unspecified atom stereocenters. The number of hydrogen-bond donors (Lipinski definition) is 2. The zero-order chi connectivity index (χ0) is 26.6. The molecule has 0 aromatic heterocycles. The van der Waals surface area contributed by atoms with Gasteiger partial charge in [0, 0.05) is 22.2 Å². The maximum atomic E-state index is 14.5. The molecular weight excluding hydrogens is 472 g/mol. The van der Waals surface area contributed by atoms with Gasteiger partial charge in [-0.2, -0.15) is 0 Å². The second-order valence-corrected chi connectivity index (χ2v) is 12.7. The Bertz CT molecular complexity index is 1420.